The lowest BCUT2D eigenvalue weighted by atomic mass is 9.99. The summed E-state index contributed by atoms with van der Waals surface area (Å²) in [6.45, 7) is 9.82. The van der Waals surface area contributed by atoms with E-state index in [1.165, 1.54) is 17.7 Å². The zero-order valence-corrected chi connectivity index (χ0v) is 20.7. The lowest BCUT2D eigenvalue weighted by Gasteiger charge is -2.16. The van der Waals surface area contributed by atoms with Gasteiger partial charge in [0.1, 0.15) is 5.75 Å². The summed E-state index contributed by atoms with van der Waals surface area (Å²) in [5, 5.41) is 3.58. The molecule has 188 valence electrons. The molecule has 1 N–H and O–H groups in total. The van der Waals surface area contributed by atoms with Gasteiger partial charge in [-0.2, -0.15) is 0 Å². The quantitative estimate of drug-likeness (QED) is 0.374. The van der Waals surface area contributed by atoms with Gasteiger partial charge in [-0.15, -0.1) is 13.2 Å². The van der Waals surface area contributed by atoms with Crippen LogP contribution in [-0.4, -0.2) is 23.2 Å². The van der Waals surface area contributed by atoms with Gasteiger partial charge in [-0.25, -0.2) is 0 Å². The van der Waals surface area contributed by atoms with Gasteiger partial charge in [0, 0.05) is 31.2 Å². The highest BCUT2D eigenvalue weighted by molar-refractivity contribution is 5.99. The molecule has 0 saturated heterocycles. The highest BCUT2D eigenvalue weighted by Crippen LogP contribution is 2.29. The van der Waals surface area contributed by atoms with E-state index in [0.717, 1.165) is 40.7 Å². The zero-order valence-electron chi connectivity index (χ0n) is 20.7. The summed E-state index contributed by atoms with van der Waals surface area (Å²) in [6, 6.07) is 9.96. The van der Waals surface area contributed by atoms with E-state index in [9.17, 15) is 18.0 Å². The number of ether oxygens (including phenoxy) is 1. The molecule has 1 aliphatic heterocycles. The third kappa shape index (κ3) is 7.21. The van der Waals surface area contributed by atoms with Crippen LogP contribution in [0.3, 0.4) is 0 Å². The molecule has 1 heterocycles. The van der Waals surface area contributed by atoms with Crippen LogP contribution >= 0.6 is 0 Å². The summed E-state index contributed by atoms with van der Waals surface area (Å²) in [7, 11) is 0. The summed E-state index contributed by atoms with van der Waals surface area (Å²) >= 11 is 0. The van der Waals surface area contributed by atoms with Gasteiger partial charge in [0.15, 0.2) is 0 Å². The number of rotatable bonds is 10. The second kappa shape index (κ2) is 11.6. The van der Waals surface area contributed by atoms with E-state index in [4.69, 9.17) is 0 Å². The molecule has 0 spiro atoms. The van der Waals surface area contributed by atoms with Gasteiger partial charge >= 0.3 is 6.36 Å². The fourth-order valence-electron chi connectivity index (χ4n) is 4.32. The lowest BCUT2D eigenvalue weighted by molar-refractivity contribution is -0.274. The minimum Gasteiger partial charge on any atom is -0.406 e. The first kappa shape index (κ1) is 26.5. The van der Waals surface area contributed by atoms with Crippen molar-refractivity contribution in [1.82, 2.24) is 10.2 Å². The molecule has 1 unspecified atom stereocenters. The Bertz CT molecular complexity index is 1090. The van der Waals surface area contributed by atoms with E-state index in [1.807, 2.05) is 13.0 Å². The van der Waals surface area contributed by atoms with Crippen LogP contribution in [0.1, 0.15) is 66.2 Å². The predicted octanol–water partition coefficient (Wildman–Crippen LogP) is 6.83. The molecule has 0 fully saturated rings. The number of halogens is 3. The van der Waals surface area contributed by atoms with E-state index < -0.39 is 6.36 Å². The largest absolute Gasteiger partial charge is 0.573 e. The maximum Gasteiger partial charge on any atom is 0.573 e. The number of aryl methyl sites for hydroxylation is 1. The molecule has 1 amide bonds. The first-order valence-corrected chi connectivity index (χ1v) is 12.0. The molecular formula is C28H33F3N2O2. The Balaban J connectivity index is 1.66. The van der Waals surface area contributed by atoms with Crippen molar-refractivity contribution in [3.8, 4) is 5.75 Å². The van der Waals surface area contributed by atoms with E-state index in [2.05, 4.69) is 55.1 Å². The Hall–Kier alpha value is -3.06. The first-order chi connectivity index (χ1) is 16.6. The van der Waals surface area contributed by atoms with Crippen LogP contribution in [0.25, 0.3) is 0 Å². The molecule has 7 heteroatoms. The molecule has 3 rings (SSSR count). The fourth-order valence-corrected chi connectivity index (χ4v) is 4.32. The third-order valence-corrected chi connectivity index (χ3v) is 5.97. The van der Waals surface area contributed by atoms with Crippen LogP contribution in [-0.2, 0) is 19.6 Å². The number of carbonyl (C=O) groups excluding carboxylic acids is 1. The van der Waals surface area contributed by atoms with Crippen molar-refractivity contribution in [1.29, 1.82) is 0 Å². The van der Waals surface area contributed by atoms with Crippen LogP contribution in [0.4, 0.5) is 13.2 Å². The first-order valence-electron chi connectivity index (χ1n) is 12.0. The van der Waals surface area contributed by atoms with Crippen molar-refractivity contribution >= 4 is 5.91 Å². The summed E-state index contributed by atoms with van der Waals surface area (Å²) < 4.78 is 41.1. The van der Waals surface area contributed by atoms with Crippen LogP contribution in [0, 0.1) is 6.92 Å². The Morgan fingerprint density at radius 3 is 2.49 bits per heavy atom. The Morgan fingerprint density at radius 2 is 1.86 bits per heavy atom. The van der Waals surface area contributed by atoms with Crippen LogP contribution in [0.15, 0.2) is 60.2 Å². The minimum atomic E-state index is -4.73. The highest BCUT2D eigenvalue weighted by atomic mass is 19.4. The second-order valence-electron chi connectivity index (χ2n) is 8.83. The molecule has 0 bridgehead atoms. The Kier molecular flexibility index (Phi) is 8.78. The van der Waals surface area contributed by atoms with Crippen molar-refractivity contribution in [3.63, 3.8) is 0 Å². The van der Waals surface area contributed by atoms with Gasteiger partial charge in [-0.3, -0.25) is 4.79 Å². The number of nitrogens with zero attached hydrogens (tertiary/aromatic N) is 1. The number of benzene rings is 2. The summed E-state index contributed by atoms with van der Waals surface area (Å²) in [4.78, 5) is 14.8. The summed E-state index contributed by atoms with van der Waals surface area (Å²) in [5.41, 5.74) is 5.75. The molecule has 0 aromatic heterocycles. The lowest BCUT2D eigenvalue weighted by Crippen LogP contribution is -2.27. The maximum absolute atomic E-state index is 13.0. The third-order valence-electron chi connectivity index (χ3n) is 5.97. The molecule has 1 aliphatic rings. The Labute approximate surface area is 205 Å². The highest BCUT2D eigenvalue weighted by Gasteiger charge is 2.31. The number of hydrogen-bond donors (Lipinski definition) is 1. The van der Waals surface area contributed by atoms with E-state index in [-0.39, 0.29) is 17.7 Å². The molecule has 2 aromatic carbocycles. The molecule has 4 nitrogen and oxygen atoms in total. The maximum atomic E-state index is 13.0. The molecule has 1 atom stereocenters. The number of allylic oxidation sites excluding steroid dienone is 2. The van der Waals surface area contributed by atoms with Gasteiger partial charge in [-0.05, 0) is 66.6 Å². The minimum absolute atomic E-state index is 0.0566. The van der Waals surface area contributed by atoms with E-state index in [1.54, 1.807) is 17.0 Å². The summed E-state index contributed by atoms with van der Waals surface area (Å²) in [6.07, 6.45) is 3.81. The number of carbonyl (C=O) groups is 1. The number of nitrogens with one attached hydrogen (secondary N) is 1. The molecular weight excluding hydrogens is 453 g/mol. The van der Waals surface area contributed by atoms with E-state index in [0.29, 0.717) is 19.6 Å². The number of amides is 1. The molecule has 2 aromatic rings. The Morgan fingerprint density at radius 1 is 1.14 bits per heavy atom. The van der Waals surface area contributed by atoms with Crippen LogP contribution in [0.5, 0.6) is 5.75 Å². The van der Waals surface area contributed by atoms with Gasteiger partial charge in [0.2, 0.25) is 0 Å². The topological polar surface area (TPSA) is 41.6 Å². The summed E-state index contributed by atoms with van der Waals surface area (Å²) in [5.74, 6) is -0.333. The van der Waals surface area contributed by atoms with Crippen molar-refractivity contribution in [2.24, 2.45) is 0 Å². The fraction of sp³-hybridized carbons (Fsp3) is 0.393. The van der Waals surface area contributed by atoms with Crippen molar-refractivity contribution < 1.29 is 22.7 Å². The standard InChI is InChI=1S/C28H33F3N2O2/c1-5-7-9-23(8-6-2)20(4)32-16-22-14-19(3)26-24(15-22)18-33(27(26)34)17-21-10-12-25(13-11-21)35-28(29,30)31/h7-15,20,32H,5-6,16-18H2,1-4H3/b9-7-,23-8+. The average Bonchev–Trinajstić information content (AvgIpc) is 3.10. The van der Waals surface area contributed by atoms with Gasteiger partial charge in [0.25, 0.3) is 5.91 Å². The van der Waals surface area contributed by atoms with Crippen molar-refractivity contribution in [3.05, 3.63) is 88.0 Å². The SMILES string of the molecule is CC/C=C\C(=C/CC)C(C)NCc1cc(C)c2c(c1)CN(Cc1ccc(OC(F)(F)F)cc1)C2=O. The number of fused-ring (bicyclic) bond motifs is 1. The van der Waals surface area contributed by atoms with Crippen molar-refractivity contribution in [2.75, 3.05) is 0 Å². The molecule has 35 heavy (non-hydrogen) atoms. The van der Waals surface area contributed by atoms with Crippen molar-refractivity contribution in [2.45, 2.75) is 72.6 Å². The van der Waals surface area contributed by atoms with Crippen LogP contribution < -0.4 is 10.1 Å². The smallest absolute Gasteiger partial charge is 0.406 e. The molecule has 0 aliphatic carbocycles. The number of hydrogen-bond acceptors (Lipinski definition) is 3. The monoisotopic (exact) mass is 486 g/mol. The van der Waals surface area contributed by atoms with Gasteiger partial charge < -0.3 is 15.0 Å². The second-order valence-corrected chi connectivity index (χ2v) is 8.83. The molecule has 0 radical (unpaired) electrons. The number of alkyl halides is 3. The van der Waals surface area contributed by atoms with Gasteiger partial charge in [-0.1, -0.05) is 56.3 Å². The van der Waals surface area contributed by atoms with E-state index >= 15 is 0 Å². The van der Waals surface area contributed by atoms with Gasteiger partial charge in [0.05, 0.1) is 0 Å². The zero-order chi connectivity index (χ0) is 25.6. The predicted molar refractivity (Wildman–Crippen MR) is 132 cm³/mol. The van der Waals surface area contributed by atoms with Crippen LogP contribution in [0.2, 0.25) is 0 Å². The average molecular weight is 487 g/mol. The molecule has 0 saturated carbocycles. The normalized spacial score (nSPS) is 15.1.